The Morgan fingerprint density at radius 1 is 1.53 bits per heavy atom. The Morgan fingerprint density at radius 3 is 2.58 bits per heavy atom. The highest BCUT2D eigenvalue weighted by atomic mass is 16.4. The average Bonchev–Trinajstić information content (AvgIpc) is 2.70. The quantitative estimate of drug-likeness (QED) is 0.674. The summed E-state index contributed by atoms with van der Waals surface area (Å²) in [7, 11) is 1.68. The highest BCUT2D eigenvalue weighted by molar-refractivity contribution is 5.87. The first-order valence-electron chi connectivity index (χ1n) is 6.08. The van der Waals surface area contributed by atoms with Crippen LogP contribution >= 0.6 is 0 Å². The Balaban J connectivity index is 2.75. The smallest absolute Gasteiger partial charge is 0.331 e. The number of nitrogens with zero attached hydrogens (tertiary/aromatic N) is 2. The zero-order chi connectivity index (χ0) is 14.6. The van der Waals surface area contributed by atoms with E-state index in [-0.39, 0.29) is 5.92 Å². The molecule has 0 saturated heterocycles. The van der Waals surface area contributed by atoms with Gasteiger partial charge in [-0.25, -0.2) is 4.79 Å². The maximum atomic E-state index is 11.8. The van der Waals surface area contributed by atoms with Crippen LogP contribution in [0.2, 0.25) is 0 Å². The molecule has 106 valence electrons. The topological polar surface area (TPSA) is 110 Å². The molecule has 1 unspecified atom stereocenters. The van der Waals surface area contributed by atoms with Crippen molar-refractivity contribution in [2.24, 2.45) is 18.7 Å². The first-order valence-corrected chi connectivity index (χ1v) is 6.08. The molecule has 0 spiro atoms. The van der Waals surface area contributed by atoms with Gasteiger partial charge in [-0.15, -0.1) is 0 Å². The molecule has 0 saturated carbocycles. The number of rotatable bonds is 6. The minimum Gasteiger partial charge on any atom is -0.479 e. The fourth-order valence-corrected chi connectivity index (χ4v) is 1.74. The minimum atomic E-state index is -1.14. The Hall–Kier alpha value is -1.89. The summed E-state index contributed by atoms with van der Waals surface area (Å²) in [4.78, 5) is 23.0. The summed E-state index contributed by atoms with van der Waals surface area (Å²) in [6, 6.07) is -1.84. The van der Waals surface area contributed by atoms with E-state index in [9.17, 15) is 9.59 Å². The van der Waals surface area contributed by atoms with Crippen LogP contribution in [0.5, 0.6) is 0 Å². The second-order valence-electron chi connectivity index (χ2n) is 4.96. The van der Waals surface area contributed by atoms with Gasteiger partial charge in [-0.2, -0.15) is 5.10 Å². The predicted molar refractivity (Wildman–Crippen MR) is 69.2 cm³/mol. The second-order valence-corrected chi connectivity index (χ2v) is 4.96. The number of carbonyl (C=O) groups is 2. The molecule has 4 N–H and O–H groups in total. The number of carboxylic acid groups (broad SMARTS) is 1. The van der Waals surface area contributed by atoms with E-state index in [0.29, 0.717) is 12.0 Å². The number of nitrogens with one attached hydrogen (secondary N) is 1. The maximum absolute atomic E-state index is 11.8. The third kappa shape index (κ3) is 4.36. The summed E-state index contributed by atoms with van der Waals surface area (Å²) in [5, 5.41) is 15.5. The van der Waals surface area contributed by atoms with E-state index in [1.165, 1.54) is 10.9 Å². The molecule has 0 aliphatic heterocycles. The highest BCUT2D eigenvalue weighted by Crippen LogP contribution is 2.13. The van der Waals surface area contributed by atoms with Gasteiger partial charge in [-0.1, -0.05) is 13.8 Å². The number of nitrogens with two attached hydrogens (primary N) is 1. The molecule has 1 rings (SSSR count). The van der Waals surface area contributed by atoms with Gasteiger partial charge in [0.2, 0.25) is 5.91 Å². The number of aliphatic carboxylic acids is 1. The third-order valence-corrected chi connectivity index (χ3v) is 2.65. The zero-order valence-electron chi connectivity index (χ0n) is 11.3. The summed E-state index contributed by atoms with van der Waals surface area (Å²) in [6.07, 6.45) is 3.46. The lowest BCUT2D eigenvalue weighted by Gasteiger charge is -2.18. The van der Waals surface area contributed by atoms with Gasteiger partial charge in [0, 0.05) is 18.8 Å². The second kappa shape index (κ2) is 6.33. The molecule has 7 heteroatoms. The third-order valence-electron chi connectivity index (χ3n) is 2.65. The van der Waals surface area contributed by atoms with Crippen LogP contribution in [0, 0.1) is 5.92 Å². The van der Waals surface area contributed by atoms with Crippen molar-refractivity contribution in [1.29, 1.82) is 0 Å². The fraction of sp³-hybridized carbons (Fsp3) is 0.583. The molecule has 1 heterocycles. The Kier molecular flexibility index (Phi) is 5.05. The molecule has 1 aromatic rings. The van der Waals surface area contributed by atoms with E-state index < -0.39 is 24.0 Å². The molecule has 0 radical (unpaired) electrons. The predicted octanol–water partition coefficient (Wildman–Crippen LogP) is 0.0354. The minimum absolute atomic E-state index is 0.266. The van der Waals surface area contributed by atoms with E-state index in [1.807, 2.05) is 13.8 Å². The number of hydrogen-bond acceptors (Lipinski definition) is 4. The van der Waals surface area contributed by atoms with Gasteiger partial charge in [0.1, 0.15) is 0 Å². The van der Waals surface area contributed by atoms with Crippen LogP contribution < -0.4 is 11.1 Å². The van der Waals surface area contributed by atoms with Crippen molar-refractivity contribution in [1.82, 2.24) is 15.1 Å². The molecule has 0 aliphatic carbocycles. The van der Waals surface area contributed by atoms with Crippen LogP contribution in [0.3, 0.4) is 0 Å². The molecule has 0 fully saturated rings. The first kappa shape index (κ1) is 15.2. The number of aryl methyl sites for hydroxylation is 1. The molecule has 0 aliphatic rings. The van der Waals surface area contributed by atoms with Crippen LogP contribution in [-0.2, 0) is 16.6 Å². The summed E-state index contributed by atoms with van der Waals surface area (Å²) in [6.45, 7) is 3.89. The van der Waals surface area contributed by atoms with Crippen molar-refractivity contribution >= 4 is 11.9 Å². The number of amides is 1. The SMILES string of the molecule is CC(C)C[C@@H](N)C(=O)NC(C(=O)O)c1cnn(C)c1. The number of carboxylic acids is 1. The molecule has 0 bridgehead atoms. The van der Waals surface area contributed by atoms with Crippen LogP contribution in [0.4, 0.5) is 0 Å². The van der Waals surface area contributed by atoms with Gasteiger partial charge in [0.15, 0.2) is 6.04 Å². The molecule has 2 atom stereocenters. The molecule has 19 heavy (non-hydrogen) atoms. The van der Waals surface area contributed by atoms with E-state index in [0.717, 1.165) is 0 Å². The molecule has 1 aromatic heterocycles. The van der Waals surface area contributed by atoms with Crippen molar-refractivity contribution in [3.8, 4) is 0 Å². The maximum Gasteiger partial charge on any atom is 0.331 e. The fourth-order valence-electron chi connectivity index (χ4n) is 1.74. The standard InChI is InChI=1S/C12H20N4O3/c1-7(2)4-9(13)11(17)15-10(12(18)19)8-5-14-16(3)6-8/h5-7,9-10H,4,13H2,1-3H3,(H,15,17)(H,18,19)/t9-,10?/m1/s1. The Morgan fingerprint density at radius 2 is 2.16 bits per heavy atom. The van der Waals surface area contributed by atoms with Crippen molar-refractivity contribution < 1.29 is 14.7 Å². The Bertz CT molecular complexity index is 456. The molecule has 0 aromatic carbocycles. The van der Waals surface area contributed by atoms with E-state index in [1.54, 1.807) is 13.2 Å². The van der Waals surface area contributed by atoms with Gasteiger partial charge < -0.3 is 16.2 Å². The van der Waals surface area contributed by atoms with Gasteiger partial charge in [-0.3, -0.25) is 9.48 Å². The van der Waals surface area contributed by atoms with Crippen LogP contribution in [-0.4, -0.2) is 32.8 Å². The Labute approximate surface area is 111 Å². The lowest BCUT2D eigenvalue weighted by Crippen LogP contribution is -2.44. The van der Waals surface area contributed by atoms with Crippen LogP contribution in [0.15, 0.2) is 12.4 Å². The van der Waals surface area contributed by atoms with Gasteiger partial charge in [-0.05, 0) is 12.3 Å². The van der Waals surface area contributed by atoms with Crippen LogP contribution in [0.1, 0.15) is 31.9 Å². The van der Waals surface area contributed by atoms with Crippen molar-refractivity contribution in [2.45, 2.75) is 32.4 Å². The summed E-state index contributed by atoms with van der Waals surface area (Å²) in [5.41, 5.74) is 6.14. The highest BCUT2D eigenvalue weighted by Gasteiger charge is 2.26. The van der Waals surface area contributed by atoms with Gasteiger partial charge >= 0.3 is 5.97 Å². The average molecular weight is 268 g/mol. The van der Waals surface area contributed by atoms with Gasteiger partial charge in [0.05, 0.1) is 12.2 Å². The number of carbonyl (C=O) groups excluding carboxylic acids is 1. The van der Waals surface area contributed by atoms with Crippen molar-refractivity contribution in [3.63, 3.8) is 0 Å². The lowest BCUT2D eigenvalue weighted by molar-refractivity contribution is -0.142. The zero-order valence-corrected chi connectivity index (χ0v) is 11.3. The lowest BCUT2D eigenvalue weighted by atomic mass is 10.0. The van der Waals surface area contributed by atoms with Crippen molar-refractivity contribution in [3.05, 3.63) is 18.0 Å². The number of hydrogen-bond donors (Lipinski definition) is 3. The monoisotopic (exact) mass is 268 g/mol. The largest absolute Gasteiger partial charge is 0.479 e. The van der Waals surface area contributed by atoms with E-state index in [4.69, 9.17) is 10.8 Å². The first-order chi connectivity index (χ1) is 8.81. The summed E-state index contributed by atoms with van der Waals surface area (Å²) >= 11 is 0. The summed E-state index contributed by atoms with van der Waals surface area (Å²) in [5.74, 6) is -1.34. The molecule has 7 nitrogen and oxygen atoms in total. The molecular weight excluding hydrogens is 248 g/mol. The van der Waals surface area contributed by atoms with E-state index in [2.05, 4.69) is 10.4 Å². The van der Waals surface area contributed by atoms with Crippen molar-refractivity contribution in [2.75, 3.05) is 0 Å². The van der Waals surface area contributed by atoms with Gasteiger partial charge in [0.25, 0.3) is 0 Å². The number of aromatic nitrogens is 2. The van der Waals surface area contributed by atoms with E-state index >= 15 is 0 Å². The summed E-state index contributed by atoms with van der Waals surface area (Å²) < 4.78 is 1.48. The normalized spacial score (nSPS) is 14.2. The molecule has 1 amide bonds. The van der Waals surface area contributed by atoms with Crippen LogP contribution in [0.25, 0.3) is 0 Å². The molecular formula is C12H20N4O3.